The Balaban J connectivity index is 1.77. The normalized spacial score (nSPS) is 28.8. The van der Waals surface area contributed by atoms with Gasteiger partial charge in [-0.3, -0.25) is 4.79 Å². The van der Waals surface area contributed by atoms with Crippen LogP contribution in [-0.2, 0) is 9.53 Å². The van der Waals surface area contributed by atoms with E-state index < -0.39 is 0 Å². The fourth-order valence-corrected chi connectivity index (χ4v) is 2.84. The second-order valence-corrected chi connectivity index (χ2v) is 4.97. The summed E-state index contributed by atoms with van der Waals surface area (Å²) >= 11 is 0. The van der Waals surface area contributed by atoms with E-state index in [1.54, 1.807) is 0 Å². The maximum absolute atomic E-state index is 11.3. The standard InChI is InChI=1S/C12H20O2/c1-2-14-11(13)8-10-4-3-5-12(9-10)6-7-12/h10H,2-9H2,1H3/t10-/m1/s1. The molecule has 0 unspecified atom stereocenters. The van der Waals surface area contributed by atoms with Crippen molar-refractivity contribution in [2.75, 3.05) is 6.61 Å². The van der Waals surface area contributed by atoms with Crippen LogP contribution >= 0.6 is 0 Å². The van der Waals surface area contributed by atoms with Crippen molar-refractivity contribution in [1.82, 2.24) is 0 Å². The summed E-state index contributed by atoms with van der Waals surface area (Å²) in [6.45, 7) is 2.40. The predicted octanol–water partition coefficient (Wildman–Crippen LogP) is 2.91. The molecule has 0 saturated heterocycles. The van der Waals surface area contributed by atoms with Crippen LogP contribution in [0.5, 0.6) is 0 Å². The van der Waals surface area contributed by atoms with Gasteiger partial charge in [0.2, 0.25) is 0 Å². The molecule has 0 radical (unpaired) electrons. The zero-order valence-electron chi connectivity index (χ0n) is 9.05. The predicted molar refractivity (Wildman–Crippen MR) is 54.9 cm³/mol. The summed E-state index contributed by atoms with van der Waals surface area (Å²) in [5.41, 5.74) is 0.676. The molecule has 0 bridgehead atoms. The molecule has 2 saturated carbocycles. The maximum Gasteiger partial charge on any atom is 0.306 e. The van der Waals surface area contributed by atoms with Crippen molar-refractivity contribution in [2.45, 2.75) is 51.9 Å². The van der Waals surface area contributed by atoms with Crippen molar-refractivity contribution in [3.05, 3.63) is 0 Å². The van der Waals surface area contributed by atoms with Gasteiger partial charge in [-0.05, 0) is 50.4 Å². The minimum absolute atomic E-state index is 0.00944. The molecular formula is C12H20O2. The van der Waals surface area contributed by atoms with Crippen LogP contribution in [0.4, 0.5) is 0 Å². The van der Waals surface area contributed by atoms with Gasteiger partial charge < -0.3 is 4.74 Å². The third kappa shape index (κ3) is 2.28. The molecule has 14 heavy (non-hydrogen) atoms. The van der Waals surface area contributed by atoms with Crippen LogP contribution in [0.1, 0.15) is 51.9 Å². The van der Waals surface area contributed by atoms with Gasteiger partial charge in [0.25, 0.3) is 0 Å². The molecule has 0 aromatic heterocycles. The summed E-state index contributed by atoms with van der Waals surface area (Å²) < 4.78 is 4.99. The molecule has 2 nitrogen and oxygen atoms in total. The van der Waals surface area contributed by atoms with Gasteiger partial charge in [-0.2, -0.15) is 0 Å². The second-order valence-electron chi connectivity index (χ2n) is 4.97. The third-order valence-electron chi connectivity index (χ3n) is 3.76. The first-order valence-electron chi connectivity index (χ1n) is 5.90. The number of carbonyl (C=O) groups is 1. The second kappa shape index (κ2) is 3.92. The number of ether oxygens (including phenoxy) is 1. The molecule has 80 valence electrons. The van der Waals surface area contributed by atoms with E-state index in [1.807, 2.05) is 6.92 Å². The Bertz CT molecular complexity index is 218. The van der Waals surface area contributed by atoms with Crippen LogP contribution in [0, 0.1) is 11.3 Å². The largest absolute Gasteiger partial charge is 0.466 e. The molecule has 0 aromatic carbocycles. The molecule has 0 aliphatic heterocycles. The highest BCUT2D eigenvalue weighted by atomic mass is 16.5. The average molecular weight is 196 g/mol. The first-order valence-corrected chi connectivity index (χ1v) is 5.90. The van der Waals surface area contributed by atoms with Gasteiger partial charge in [-0.25, -0.2) is 0 Å². The molecule has 0 heterocycles. The van der Waals surface area contributed by atoms with E-state index in [1.165, 1.54) is 38.5 Å². The van der Waals surface area contributed by atoms with E-state index in [-0.39, 0.29) is 5.97 Å². The van der Waals surface area contributed by atoms with Crippen LogP contribution in [-0.4, -0.2) is 12.6 Å². The Kier molecular flexibility index (Phi) is 2.80. The summed E-state index contributed by atoms with van der Waals surface area (Å²) in [6, 6.07) is 0. The Morgan fingerprint density at radius 3 is 2.86 bits per heavy atom. The van der Waals surface area contributed by atoms with Gasteiger partial charge >= 0.3 is 5.97 Å². The molecule has 2 aliphatic rings. The van der Waals surface area contributed by atoms with E-state index in [2.05, 4.69) is 0 Å². The number of hydrogen-bond acceptors (Lipinski definition) is 2. The molecule has 2 aliphatic carbocycles. The highest BCUT2D eigenvalue weighted by Gasteiger charge is 2.45. The molecule has 1 atom stereocenters. The minimum atomic E-state index is 0.00944. The van der Waals surface area contributed by atoms with Crippen LogP contribution < -0.4 is 0 Å². The highest BCUT2D eigenvalue weighted by Crippen LogP contribution is 2.58. The lowest BCUT2D eigenvalue weighted by molar-refractivity contribution is -0.144. The number of rotatable bonds is 3. The lowest BCUT2D eigenvalue weighted by Gasteiger charge is -2.28. The van der Waals surface area contributed by atoms with E-state index in [9.17, 15) is 4.79 Å². The fraction of sp³-hybridized carbons (Fsp3) is 0.917. The molecule has 2 heteroatoms. The number of hydrogen-bond donors (Lipinski definition) is 0. The third-order valence-corrected chi connectivity index (χ3v) is 3.76. The Morgan fingerprint density at radius 2 is 2.21 bits per heavy atom. The first kappa shape index (κ1) is 10.0. The summed E-state index contributed by atoms with van der Waals surface area (Å²) in [6.07, 6.45) is 8.73. The molecule has 0 N–H and O–H groups in total. The Morgan fingerprint density at radius 1 is 1.43 bits per heavy atom. The molecule has 1 spiro atoms. The molecular weight excluding hydrogens is 176 g/mol. The molecule has 2 fully saturated rings. The van der Waals surface area contributed by atoms with Gasteiger partial charge in [0.1, 0.15) is 0 Å². The van der Waals surface area contributed by atoms with Crippen LogP contribution in [0.3, 0.4) is 0 Å². The SMILES string of the molecule is CCOC(=O)C[C@H]1CCCC2(CC2)C1. The molecule has 2 rings (SSSR count). The van der Waals surface area contributed by atoms with Crippen molar-refractivity contribution in [2.24, 2.45) is 11.3 Å². The maximum atomic E-state index is 11.3. The summed E-state index contributed by atoms with van der Waals surface area (Å²) in [7, 11) is 0. The van der Waals surface area contributed by atoms with E-state index in [4.69, 9.17) is 4.74 Å². The van der Waals surface area contributed by atoms with Gasteiger partial charge in [-0.15, -0.1) is 0 Å². The van der Waals surface area contributed by atoms with Crippen molar-refractivity contribution in [3.63, 3.8) is 0 Å². The van der Waals surface area contributed by atoms with Crippen molar-refractivity contribution in [3.8, 4) is 0 Å². The van der Waals surface area contributed by atoms with Crippen molar-refractivity contribution >= 4 is 5.97 Å². The van der Waals surface area contributed by atoms with Gasteiger partial charge in [0.05, 0.1) is 6.61 Å². The summed E-state index contributed by atoms with van der Waals surface area (Å²) in [4.78, 5) is 11.3. The first-order chi connectivity index (χ1) is 6.74. The van der Waals surface area contributed by atoms with Crippen LogP contribution in [0.2, 0.25) is 0 Å². The molecule has 0 amide bonds. The van der Waals surface area contributed by atoms with E-state index in [0.717, 1.165) is 0 Å². The quantitative estimate of drug-likeness (QED) is 0.649. The van der Waals surface area contributed by atoms with E-state index in [0.29, 0.717) is 24.4 Å². The summed E-state index contributed by atoms with van der Waals surface area (Å²) in [5.74, 6) is 0.625. The van der Waals surface area contributed by atoms with E-state index >= 15 is 0 Å². The van der Waals surface area contributed by atoms with Gasteiger partial charge in [0.15, 0.2) is 0 Å². The zero-order chi connectivity index (χ0) is 10.0. The number of esters is 1. The number of carbonyl (C=O) groups excluding carboxylic acids is 1. The minimum Gasteiger partial charge on any atom is -0.466 e. The fourth-order valence-electron chi connectivity index (χ4n) is 2.84. The lowest BCUT2D eigenvalue weighted by Crippen LogP contribution is -2.20. The van der Waals surface area contributed by atoms with Crippen molar-refractivity contribution < 1.29 is 9.53 Å². The van der Waals surface area contributed by atoms with Gasteiger partial charge in [-0.1, -0.05) is 6.42 Å². The Labute approximate surface area is 86.0 Å². The van der Waals surface area contributed by atoms with Crippen molar-refractivity contribution in [1.29, 1.82) is 0 Å². The van der Waals surface area contributed by atoms with Gasteiger partial charge in [0, 0.05) is 6.42 Å². The smallest absolute Gasteiger partial charge is 0.306 e. The highest BCUT2D eigenvalue weighted by molar-refractivity contribution is 5.69. The zero-order valence-corrected chi connectivity index (χ0v) is 9.05. The monoisotopic (exact) mass is 196 g/mol. The molecule has 0 aromatic rings. The average Bonchev–Trinajstić information content (AvgIpc) is 2.85. The Hall–Kier alpha value is -0.530. The topological polar surface area (TPSA) is 26.3 Å². The summed E-state index contributed by atoms with van der Waals surface area (Å²) in [5, 5.41) is 0. The van der Waals surface area contributed by atoms with Crippen LogP contribution in [0.25, 0.3) is 0 Å². The van der Waals surface area contributed by atoms with Crippen LogP contribution in [0.15, 0.2) is 0 Å². The lowest BCUT2D eigenvalue weighted by atomic mass is 9.78.